The zero-order valence-corrected chi connectivity index (χ0v) is 13.1. The summed E-state index contributed by atoms with van der Waals surface area (Å²) in [5, 5.41) is 2.68. The van der Waals surface area contributed by atoms with Crippen molar-refractivity contribution in [3.63, 3.8) is 0 Å². The van der Waals surface area contributed by atoms with E-state index in [9.17, 15) is 9.59 Å². The van der Waals surface area contributed by atoms with Crippen molar-refractivity contribution in [3.8, 4) is 5.75 Å². The molecule has 0 heterocycles. The highest BCUT2D eigenvalue weighted by atomic mass is 16.5. The molecule has 23 heavy (non-hydrogen) atoms. The molecule has 0 saturated heterocycles. The van der Waals surface area contributed by atoms with Crippen LogP contribution in [0.2, 0.25) is 0 Å². The number of ether oxygens (including phenoxy) is 2. The molecule has 0 aromatic heterocycles. The average molecular weight is 313 g/mol. The van der Waals surface area contributed by atoms with Gasteiger partial charge in [0.15, 0.2) is 6.10 Å². The van der Waals surface area contributed by atoms with E-state index < -0.39 is 12.1 Å². The minimum Gasteiger partial charge on any atom is -0.489 e. The highest BCUT2D eigenvalue weighted by Crippen LogP contribution is 2.17. The van der Waals surface area contributed by atoms with Gasteiger partial charge in [-0.2, -0.15) is 0 Å². The van der Waals surface area contributed by atoms with Gasteiger partial charge in [0, 0.05) is 12.6 Å². The molecule has 0 radical (unpaired) electrons. The lowest BCUT2D eigenvalue weighted by Gasteiger charge is -2.12. The van der Waals surface area contributed by atoms with Crippen molar-refractivity contribution < 1.29 is 19.1 Å². The van der Waals surface area contributed by atoms with Gasteiger partial charge in [0.1, 0.15) is 12.4 Å². The molecule has 2 aromatic carbocycles. The lowest BCUT2D eigenvalue weighted by Crippen LogP contribution is -2.29. The van der Waals surface area contributed by atoms with E-state index in [0.717, 1.165) is 5.56 Å². The van der Waals surface area contributed by atoms with Gasteiger partial charge in [-0.15, -0.1) is 0 Å². The molecule has 0 aliphatic carbocycles. The highest BCUT2D eigenvalue weighted by molar-refractivity contribution is 5.94. The first-order chi connectivity index (χ1) is 11.0. The van der Waals surface area contributed by atoms with Gasteiger partial charge in [0.05, 0.1) is 0 Å². The zero-order chi connectivity index (χ0) is 16.7. The molecule has 0 bridgehead atoms. The number of benzene rings is 2. The molecule has 5 heteroatoms. The lowest BCUT2D eigenvalue weighted by atomic mass is 10.2. The first-order valence-electron chi connectivity index (χ1n) is 7.29. The molecule has 0 fully saturated rings. The van der Waals surface area contributed by atoms with Crippen LogP contribution in [0.15, 0.2) is 54.6 Å². The Bertz CT molecular complexity index is 652. The Morgan fingerprint density at radius 2 is 1.70 bits per heavy atom. The van der Waals surface area contributed by atoms with E-state index in [1.807, 2.05) is 30.3 Å². The smallest absolute Gasteiger partial charge is 0.303 e. The molecule has 1 N–H and O–H groups in total. The number of anilines is 1. The van der Waals surface area contributed by atoms with Crippen LogP contribution < -0.4 is 10.1 Å². The fourth-order valence-electron chi connectivity index (χ4n) is 1.92. The Morgan fingerprint density at radius 3 is 2.30 bits per heavy atom. The SMILES string of the molecule is CC(=O)O[C@H](C)C(=O)Nc1ccc(OCc2ccccc2)cc1. The highest BCUT2D eigenvalue weighted by Gasteiger charge is 2.15. The van der Waals surface area contributed by atoms with E-state index in [1.54, 1.807) is 24.3 Å². The summed E-state index contributed by atoms with van der Waals surface area (Å²) in [6, 6.07) is 16.9. The predicted octanol–water partition coefficient (Wildman–Crippen LogP) is 3.16. The summed E-state index contributed by atoms with van der Waals surface area (Å²) in [5.74, 6) is -0.157. The van der Waals surface area contributed by atoms with Gasteiger partial charge >= 0.3 is 5.97 Å². The number of rotatable bonds is 6. The van der Waals surface area contributed by atoms with Gasteiger partial charge in [-0.05, 0) is 36.8 Å². The molecular weight excluding hydrogens is 294 g/mol. The van der Waals surface area contributed by atoms with E-state index in [2.05, 4.69) is 5.32 Å². The largest absolute Gasteiger partial charge is 0.489 e. The first-order valence-corrected chi connectivity index (χ1v) is 7.29. The number of esters is 1. The third-order valence-electron chi connectivity index (χ3n) is 3.08. The summed E-state index contributed by atoms with van der Waals surface area (Å²) in [6.07, 6.45) is -0.832. The van der Waals surface area contributed by atoms with Crippen LogP contribution in [0.1, 0.15) is 19.4 Å². The number of hydrogen-bond donors (Lipinski definition) is 1. The third kappa shape index (κ3) is 5.47. The number of carbonyl (C=O) groups is 2. The molecule has 0 aliphatic heterocycles. The normalized spacial score (nSPS) is 11.4. The first kappa shape index (κ1) is 16.5. The Labute approximate surface area is 135 Å². The van der Waals surface area contributed by atoms with Crippen LogP contribution in [0, 0.1) is 0 Å². The van der Waals surface area contributed by atoms with Crippen LogP contribution in [0.4, 0.5) is 5.69 Å². The summed E-state index contributed by atoms with van der Waals surface area (Å²) in [5.41, 5.74) is 1.70. The molecule has 2 aromatic rings. The maximum Gasteiger partial charge on any atom is 0.303 e. The zero-order valence-electron chi connectivity index (χ0n) is 13.1. The van der Waals surface area contributed by atoms with Crippen molar-refractivity contribution in [3.05, 3.63) is 60.2 Å². The van der Waals surface area contributed by atoms with E-state index in [4.69, 9.17) is 9.47 Å². The van der Waals surface area contributed by atoms with E-state index in [0.29, 0.717) is 18.0 Å². The van der Waals surface area contributed by atoms with Crippen LogP contribution in [-0.4, -0.2) is 18.0 Å². The Hall–Kier alpha value is -2.82. The summed E-state index contributed by atoms with van der Waals surface area (Å²) in [6.45, 7) is 3.27. The summed E-state index contributed by atoms with van der Waals surface area (Å²) in [7, 11) is 0. The molecule has 5 nitrogen and oxygen atoms in total. The fourth-order valence-corrected chi connectivity index (χ4v) is 1.92. The third-order valence-corrected chi connectivity index (χ3v) is 3.08. The van der Waals surface area contributed by atoms with E-state index in [1.165, 1.54) is 13.8 Å². The lowest BCUT2D eigenvalue weighted by molar-refractivity contribution is -0.150. The van der Waals surface area contributed by atoms with Crippen molar-refractivity contribution in [2.75, 3.05) is 5.32 Å². The van der Waals surface area contributed by atoms with Crippen molar-refractivity contribution in [2.24, 2.45) is 0 Å². The minimum atomic E-state index is -0.832. The molecule has 1 amide bonds. The van der Waals surface area contributed by atoms with E-state index in [-0.39, 0.29) is 5.91 Å². The quantitative estimate of drug-likeness (QED) is 0.832. The van der Waals surface area contributed by atoms with Crippen molar-refractivity contribution >= 4 is 17.6 Å². The van der Waals surface area contributed by atoms with Gasteiger partial charge < -0.3 is 14.8 Å². The van der Waals surface area contributed by atoms with Crippen LogP contribution in [0.3, 0.4) is 0 Å². The number of amides is 1. The molecule has 120 valence electrons. The molecule has 0 aliphatic rings. The van der Waals surface area contributed by atoms with Gasteiger partial charge in [-0.3, -0.25) is 9.59 Å². The number of nitrogens with one attached hydrogen (secondary N) is 1. The van der Waals surface area contributed by atoms with Crippen molar-refractivity contribution in [1.29, 1.82) is 0 Å². The molecule has 2 rings (SSSR count). The summed E-state index contributed by atoms with van der Waals surface area (Å²) < 4.78 is 10.5. The molecule has 0 spiro atoms. The van der Waals surface area contributed by atoms with Crippen LogP contribution in [0.25, 0.3) is 0 Å². The monoisotopic (exact) mass is 313 g/mol. The van der Waals surface area contributed by atoms with Gasteiger partial charge in [-0.1, -0.05) is 30.3 Å². The van der Waals surface area contributed by atoms with E-state index >= 15 is 0 Å². The van der Waals surface area contributed by atoms with Crippen LogP contribution in [0.5, 0.6) is 5.75 Å². The standard InChI is InChI=1S/C18H19NO4/c1-13(23-14(2)20)18(21)19-16-8-10-17(11-9-16)22-12-15-6-4-3-5-7-15/h3-11,13H,12H2,1-2H3,(H,19,21)/t13-/m1/s1. The Morgan fingerprint density at radius 1 is 1.04 bits per heavy atom. The molecule has 0 unspecified atom stereocenters. The number of hydrogen-bond acceptors (Lipinski definition) is 4. The summed E-state index contributed by atoms with van der Waals surface area (Å²) >= 11 is 0. The van der Waals surface area contributed by atoms with Crippen molar-refractivity contribution in [1.82, 2.24) is 0 Å². The predicted molar refractivity (Wildman–Crippen MR) is 87.1 cm³/mol. The average Bonchev–Trinajstić information content (AvgIpc) is 2.54. The van der Waals surface area contributed by atoms with Gasteiger partial charge in [-0.25, -0.2) is 0 Å². The second-order valence-electron chi connectivity index (χ2n) is 5.04. The van der Waals surface area contributed by atoms with Crippen LogP contribution >= 0.6 is 0 Å². The fraction of sp³-hybridized carbons (Fsp3) is 0.222. The minimum absolute atomic E-state index is 0.377. The molecular formula is C18H19NO4. The Balaban J connectivity index is 1.87. The molecule has 0 saturated carbocycles. The van der Waals surface area contributed by atoms with Gasteiger partial charge in [0.2, 0.25) is 0 Å². The summed E-state index contributed by atoms with van der Waals surface area (Å²) in [4.78, 5) is 22.6. The second-order valence-corrected chi connectivity index (χ2v) is 5.04. The topological polar surface area (TPSA) is 64.6 Å². The maximum atomic E-state index is 11.8. The van der Waals surface area contributed by atoms with Gasteiger partial charge in [0.25, 0.3) is 5.91 Å². The maximum absolute atomic E-state index is 11.8. The Kier molecular flexibility index (Phi) is 5.74. The second kappa shape index (κ2) is 7.98. The van der Waals surface area contributed by atoms with Crippen LogP contribution in [-0.2, 0) is 20.9 Å². The molecule has 1 atom stereocenters. The number of carbonyl (C=O) groups excluding carboxylic acids is 2. The van der Waals surface area contributed by atoms with Crippen molar-refractivity contribution in [2.45, 2.75) is 26.6 Å².